The van der Waals surface area contributed by atoms with E-state index in [1.165, 1.54) is 0 Å². The molecule has 0 aromatic carbocycles. The Morgan fingerprint density at radius 3 is 3.08 bits per heavy atom. The second-order valence-corrected chi connectivity index (χ2v) is 2.45. The Labute approximate surface area is 68.1 Å². The van der Waals surface area contributed by atoms with E-state index in [0.717, 1.165) is 5.39 Å². The molecule has 0 fully saturated rings. The maximum absolute atomic E-state index is 7.17. The van der Waals surface area contributed by atoms with E-state index in [0.29, 0.717) is 11.2 Å². The lowest BCUT2D eigenvalue weighted by Crippen LogP contribution is -2.10. The van der Waals surface area contributed by atoms with Gasteiger partial charge in [-0.2, -0.15) is 5.10 Å². The normalized spacial score (nSPS) is 10.3. The second kappa shape index (κ2) is 2.30. The number of hydrogen-bond acceptors (Lipinski definition) is 3. The van der Waals surface area contributed by atoms with Crippen LogP contribution in [0.25, 0.3) is 11.0 Å². The number of nitrogens with zero attached hydrogens (tertiary/aromatic N) is 2. The Morgan fingerprint density at radius 1 is 1.50 bits per heavy atom. The van der Waals surface area contributed by atoms with E-state index in [-0.39, 0.29) is 5.84 Å². The van der Waals surface area contributed by atoms with Gasteiger partial charge in [-0.25, -0.2) is 4.98 Å². The number of H-pyrrole nitrogens is 1. The van der Waals surface area contributed by atoms with E-state index in [1.807, 2.05) is 0 Å². The molecule has 5 heteroatoms. The van der Waals surface area contributed by atoms with Gasteiger partial charge in [-0.05, 0) is 6.07 Å². The monoisotopic (exact) mass is 161 g/mol. The highest BCUT2D eigenvalue weighted by Crippen LogP contribution is 2.08. The first-order valence-corrected chi connectivity index (χ1v) is 3.41. The summed E-state index contributed by atoms with van der Waals surface area (Å²) in [6.07, 6.45) is 3.19. The standard InChI is InChI=1S/C7H7N5/c8-6(9)4-1-5-3-11-12-7(5)10-2-4/h1-3H,(H3,8,9)(H,10,11,12). The second-order valence-electron chi connectivity index (χ2n) is 2.45. The maximum atomic E-state index is 7.17. The van der Waals surface area contributed by atoms with E-state index >= 15 is 0 Å². The van der Waals surface area contributed by atoms with Crippen LogP contribution in [0.15, 0.2) is 18.5 Å². The summed E-state index contributed by atoms with van der Waals surface area (Å²) in [6, 6.07) is 1.77. The van der Waals surface area contributed by atoms with Gasteiger partial charge in [0.05, 0.1) is 6.20 Å². The Bertz CT molecular complexity index is 430. The number of aromatic nitrogens is 3. The zero-order chi connectivity index (χ0) is 8.55. The molecule has 0 radical (unpaired) electrons. The van der Waals surface area contributed by atoms with Crippen molar-refractivity contribution in [3.05, 3.63) is 24.0 Å². The largest absolute Gasteiger partial charge is 0.384 e. The summed E-state index contributed by atoms with van der Waals surface area (Å²) in [5.74, 6) is 0.0191. The molecule has 0 aliphatic heterocycles. The molecule has 5 nitrogen and oxygen atoms in total. The SMILES string of the molecule is N=C(N)c1cnc2[nH]ncc2c1. The molecule has 0 saturated heterocycles. The Kier molecular flexibility index (Phi) is 1.30. The van der Waals surface area contributed by atoms with Crippen LogP contribution in [-0.2, 0) is 0 Å². The molecule has 0 bridgehead atoms. The van der Waals surface area contributed by atoms with Crippen molar-refractivity contribution in [3.8, 4) is 0 Å². The minimum absolute atomic E-state index is 0.0191. The molecule has 4 N–H and O–H groups in total. The van der Waals surface area contributed by atoms with Gasteiger partial charge in [0, 0.05) is 17.1 Å². The number of nitrogens with two attached hydrogens (primary N) is 1. The number of fused-ring (bicyclic) bond motifs is 1. The quantitative estimate of drug-likeness (QED) is 0.413. The van der Waals surface area contributed by atoms with Gasteiger partial charge < -0.3 is 5.73 Å². The molecule has 2 aromatic rings. The molecule has 60 valence electrons. The first kappa shape index (κ1) is 6.78. The lowest BCUT2D eigenvalue weighted by Gasteiger charge is -1.95. The maximum Gasteiger partial charge on any atom is 0.155 e. The van der Waals surface area contributed by atoms with Crippen LogP contribution in [0.4, 0.5) is 0 Å². The lowest BCUT2D eigenvalue weighted by molar-refractivity contribution is 1.10. The van der Waals surface area contributed by atoms with Gasteiger partial charge in [-0.3, -0.25) is 10.5 Å². The number of pyridine rings is 1. The van der Waals surface area contributed by atoms with Crippen LogP contribution in [-0.4, -0.2) is 21.0 Å². The van der Waals surface area contributed by atoms with E-state index in [1.54, 1.807) is 18.5 Å². The van der Waals surface area contributed by atoms with Gasteiger partial charge in [0.15, 0.2) is 5.65 Å². The first-order valence-electron chi connectivity index (χ1n) is 3.41. The van der Waals surface area contributed by atoms with Gasteiger partial charge in [0.2, 0.25) is 0 Å². The molecule has 0 saturated carbocycles. The fourth-order valence-corrected chi connectivity index (χ4v) is 0.984. The highest BCUT2D eigenvalue weighted by Gasteiger charge is 2.00. The van der Waals surface area contributed by atoms with Gasteiger partial charge in [0.25, 0.3) is 0 Å². The van der Waals surface area contributed by atoms with Crippen molar-refractivity contribution in [2.75, 3.05) is 0 Å². The van der Waals surface area contributed by atoms with Gasteiger partial charge >= 0.3 is 0 Å². The molecule has 0 aliphatic rings. The topological polar surface area (TPSA) is 91.4 Å². The number of nitrogens with one attached hydrogen (secondary N) is 2. The molecule has 0 amide bonds. The average Bonchev–Trinajstić information content (AvgIpc) is 2.49. The van der Waals surface area contributed by atoms with Crippen molar-refractivity contribution in [3.63, 3.8) is 0 Å². The van der Waals surface area contributed by atoms with Crippen LogP contribution in [0.2, 0.25) is 0 Å². The van der Waals surface area contributed by atoms with Crippen LogP contribution >= 0.6 is 0 Å². The average molecular weight is 161 g/mol. The first-order chi connectivity index (χ1) is 5.77. The van der Waals surface area contributed by atoms with Crippen molar-refractivity contribution < 1.29 is 0 Å². The zero-order valence-corrected chi connectivity index (χ0v) is 6.20. The van der Waals surface area contributed by atoms with Crippen molar-refractivity contribution in [1.82, 2.24) is 15.2 Å². The third-order valence-corrected chi connectivity index (χ3v) is 1.60. The zero-order valence-electron chi connectivity index (χ0n) is 6.20. The molecule has 2 rings (SSSR count). The van der Waals surface area contributed by atoms with Crippen LogP contribution in [0.3, 0.4) is 0 Å². The summed E-state index contributed by atoms with van der Waals surface area (Å²) in [6.45, 7) is 0. The van der Waals surface area contributed by atoms with E-state index < -0.39 is 0 Å². The predicted molar refractivity (Wildman–Crippen MR) is 44.9 cm³/mol. The Hall–Kier alpha value is -1.91. The van der Waals surface area contributed by atoms with Crippen molar-refractivity contribution in [2.45, 2.75) is 0 Å². The summed E-state index contributed by atoms with van der Waals surface area (Å²) in [7, 11) is 0. The summed E-state index contributed by atoms with van der Waals surface area (Å²) in [5, 5.41) is 14.6. The van der Waals surface area contributed by atoms with Crippen molar-refractivity contribution in [2.24, 2.45) is 5.73 Å². The van der Waals surface area contributed by atoms with E-state index in [4.69, 9.17) is 11.1 Å². The highest BCUT2D eigenvalue weighted by atomic mass is 15.1. The van der Waals surface area contributed by atoms with Crippen molar-refractivity contribution in [1.29, 1.82) is 5.41 Å². The molecular weight excluding hydrogens is 154 g/mol. The minimum atomic E-state index is 0.0191. The molecular formula is C7H7N5. The molecule has 0 aliphatic carbocycles. The number of amidine groups is 1. The van der Waals surface area contributed by atoms with Crippen LogP contribution < -0.4 is 5.73 Å². The number of hydrogen-bond donors (Lipinski definition) is 3. The van der Waals surface area contributed by atoms with Crippen LogP contribution in [0.5, 0.6) is 0 Å². The Morgan fingerprint density at radius 2 is 2.33 bits per heavy atom. The Balaban J connectivity index is 2.68. The minimum Gasteiger partial charge on any atom is -0.384 e. The molecule has 0 atom stereocenters. The van der Waals surface area contributed by atoms with Crippen LogP contribution in [0, 0.1) is 5.41 Å². The number of rotatable bonds is 1. The molecule has 2 heterocycles. The lowest BCUT2D eigenvalue weighted by atomic mass is 10.2. The smallest absolute Gasteiger partial charge is 0.155 e. The summed E-state index contributed by atoms with van der Waals surface area (Å²) >= 11 is 0. The molecule has 0 unspecified atom stereocenters. The third-order valence-electron chi connectivity index (χ3n) is 1.60. The van der Waals surface area contributed by atoms with E-state index in [9.17, 15) is 0 Å². The van der Waals surface area contributed by atoms with Gasteiger partial charge in [-0.15, -0.1) is 0 Å². The van der Waals surface area contributed by atoms with Crippen LogP contribution in [0.1, 0.15) is 5.56 Å². The fourth-order valence-electron chi connectivity index (χ4n) is 0.984. The van der Waals surface area contributed by atoms with Gasteiger partial charge in [-0.1, -0.05) is 0 Å². The molecule has 2 aromatic heterocycles. The highest BCUT2D eigenvalue weighted by molar-refractivity contribution is 5.97. The molecule has 0 spiro atoms. The number of nitrogen functional groups attached to an aromatic ring is 1. The number of aromatic amines is 1. The fraction of sp³-hybridized carbons (Fsp3) is 0. The summed E-state index contributed by atoms with van der Waals surface area (Å²) < 4.78 is 0. The molecule has 12 heavy (non-hydrogen) atoms. The summed E-state index contributed by atoms with van der Waals surface area (Å²) in [4.78, 5) is 4.02. The van der Waals surface area contributed by atoms with E-state index in [2.05, 4.69) is 15.2 Å². The predicted octanol–water partition coefficient (Wildman–Crippen LogP) is 0.242. The third kappa shape index (κ3) is 0.914. The van der Waals surface area contributed by atoms with Crippen molar-refractivity contribution >= 4 is 16.9 Å². The summed E-state index contributed by atoms with van der Waals surface area (Å²) in [5.41, 5.74) is 6.61. The van der Waals surface area contributed by atoms with Gasteiger partial charge in [0.1, 0.15) is 5.84 Å².